The van der Waals surface area contributed by atoms with Crippen LogP contribution in [-0.4, -0.2) is 36.7 Å². The largest absolute Gasteiger partial charge is 0.505 e. The van der Waals surface area contributed by atoms with Crippen LogP contribution in [0.5, 0.6) is 5.75 Å². The lowest BCUT2D eigenvalue weighted by atomic mass is 10.00. The van der Waals surface area contributed by atoms with Crippen molar-refractivity contribution in [1.82, 2.24) is 19.7 Å². The van der Waals surface area contributed by atoms with Crippen molar-refractivity contribution in [2.24, 2.45) is 10.2 Å². The molecule has 0 unspecified atom stereocenters. The van der Waals surface area contributed by atoms with Gasteiger partial charge in [0.25, 0.3) is 17.8 Å². The SMILES string of the molecule is Cc1ccc(NC(=O)c2cc3cc(C(=O)Nc4ccccc4)ccc3c(N=Nc3c(C#N)cnn3-c3ncccn3)c2O)cc1. The molecule has 0 aliphatic heterocycles. The molecule has 0 aliphatic carbocycles. The molecule has 0 aliphatic rings. The summed E-state index contributed by atoms with van der Waals surface area (Å²) in [6.07, 6.45) is 4.32. The molecule has 6 aromatic rings. The van der Waals surface area contributed by atoms with Gasteiger partial charge in [0, 0.05) is 34.7 Å². The number of carbonyl (C=O) groups excluding carboxylic acids is 2. The third kappa shape index (κ3) is 5.95. The highest BCUT2D eigenvalue weighted by molar-refractivity contribution is 6.13. The zero-order valence-corrected chi connectivity index (χ0v) is 23.7. The van der Waals surface area contributed by atoms with Crippen LogP contribution in [0.1, 0.15) is 31.8 Å². The highest BCUT2D eigenvalue weighted by Crippen LogP contribution is 2.40. The second-order valence-corrected chi connectivity index (χ2v) is 9.85. The van der Waals surface area contributed by atoms with Gasteiger partial charge in [0.2, 0.25) is 0 Å². The van der Waals surface area contributed by atoms with Gasteiger partial charge in [-0.2, -0.15) is 15.0 Å². The standard InChI is InChI=1S/C33H23N9O3/c1-20-8-11-25(12-9-20)39-32(45)27-17-22-16-21(31(44)38-24-6-3-2-4-7-24)10-13-26(22)28(29(27)43)40-41-30-23(18-34)19-37-42(30)33-35-14-5-15-36-33/h2-17,19,43H,1H3,(H,38,44)(H,39,45). The van der Waals surface area contributed by atoms with Gasteiger partial charge in [-0.1, -0.05) is 42.0 Å². The van der Waals surface area contributed by atoms with Gasteiger partial charge in [0.15, 0.2) is 11.6 Å². The van der Waals surface area contributed by atoms with Crippen molar-refractivity contribution in [2.75, 3.05) is 10.6 Å². The van der Waals surface area contributed by atoms with Crippen LogP contribution in [0.25, 0.3) is 16.7 Å². The van der Waals surface area contributed by atoms with Crippen LogP contribution in [0.4, 0.5) is 22.9 Å². The molecule has 0 spiro atoms. The first-order valence-electron chi connectivity index (χ1n) is 13.6. The van der Waals surface area contributed by atoms with Gasteiger partial charge in [-0.05, 0) is 60.8 Å². The Morgan fingerprint density at radius 3 is 2.31 bits per heavy atom. The second kappa shape index (κ2) is 12.2. The Bertz CT molecular complexity index is 2120. The summed E-state index contributed by atoms with van der Waals surface area (Å²) in [6, 6.07) is 26.1. The summed E-state index contributed by atoms with van der Waals surface area (Å²) in [6.45, 7) is 1.93. The van der Waals surface area contributed by atoms with Gasteiger partial charge in [-0.25, -0.2) is 9.97 Å². The van der Waals surface area contributed by atoms with Crippen LogP contribution in [0.3, 0.4) is 0 Å². The number of rotatable bonds is 7. The Morgan fingerprint density at radius 1 is 0.867 bits per heavy atom. The van der Waals surface area contributed by atoms with Gasteiger partial charge in [0.05, 0.1) is 11.8 Å². The average molecular weight is 594 g/mol. The number of carbonyl (C=O) groups is 2. The fourth-order valence-electron chi connectivity index (χ4n) is 4.51. The minimum atomic E-state index is -0.603. The summed E-state index contributed by atoms with van der Waals surface area (Å²) in [7, 11) is 0. The molecule has 218 valence electrons. The van der Waals surface area contributed by atoms with Crippen LogP contribution >= 0.6 is 0 Å². The fourth-order valence-corrected chi connectivity index (χ4v) is 4.51. The summed E-state index contributed by atoms with van der Waals surface area (Å²) in [5.74, 6) is -1.24. The zero-order chi connectivity index (χ0) is 31.3. The van der Waals surface area contributed by atoms with E-state index in [4.69, 9.17) is 0 Å². The van der Waals surface area contributed by atoms with E-state index in [1.54, 1.807) is 48.5 Å². The van der Waals surface area contributed by atoms with Gasteiger partial charge in [-0.3, -0.25) is 9.59 Å². The summed E-state index contributed by atoms with van der Waals surface area (Å²) in [5, 5.41) is 40.3. The fraction of sp³-hybridized carbons (Fsp3) is 0.0303. The van der Waals surface area contributed by atoms with Crippen molar-refractivity contribution in [1.29, 1.82) is 5.26 Å². The molecule has 3 N–H and O–H groups in total. The third-order valence-corrected chi connectivity index (χ3v) is 6.78. The van der Waals surface area contributed by atoms with Crippen LogP contribution < -0.4 is 10.6 Å². The van der Waals surface area contributed by atoms with E-state index in [0.717, 1.165) is 5.56 Å². The number of hydrogen-bond donors (Lipinski definition) is 3. The Labute approximate surface area is 256 Å². The molecule has 4 aromatic carbocycles. The number of azo groups is 1. The summed E-state index contributed by atoms with van der Waals surface area (Å²) >= 11 is 0. The average Bonchev–Trinajstić information content (AvgIpc) is 3.48. The first-order valence-corrected chi connectivity index (χ1v) is 13.6. The van der Waals surface area contributed by atoms with Gasteiger partial charge < -0.3 is 15.7 Å². The smallest absolute Gasteiger partial charge is 0.259 e. The van der Waals surface area contributed by atoms with Gasteiger partial charge in [-0.15, -0.1) is 10.2 Å². The number of phenols is 1. The van der Waals surface area contributed by atoms with E-state index in [2.05, 4.69) is 35.9 Å². The summed E-state index contributed by atoms with van der Waals surface area (Å²) in [4.78, 5) is 34.9. The minimum absolute atomic E-state index is 0.0182. The van der Waals surface area contributed by atoms with Gasteiger partial charge in [0.1, 0.15) is 17.3 Å². The molecule has 12 heteroatoms. The molecule has 0 bridgehead atoms. The van der Waals surface area contributed by atoms with E-state index < -0.39 is 11.7 Å². The molecule has 0 fully saturated rings. The zero-order valence-electron chi connectivity index (χ0n) is 23.7. The molecule has 45 heavy (non-hydrogen) atoms. The number of nitriles is 1. The molecule has 0 saturated heterocycles. The molecule has 0 atom stereocenters. The maximum atomic E-state index is 13.5. The molecular formula is C33H23N9O3. The lowest BCUT2D eigenvalue weighted by Gasteiger charge is -2.13. The van der Waals surface area contributed by atoms with E-state index in [9.17, 15) is 20.0 Å². The summed E-state index contributed by atoms with van der Waals surface area (Å²) < 4.78 is 1.24. The number of fused-ring (bicyclic) bond motifs is 1. The molecule has 2 aromatic heterocycles. The van der Waals surface area contributed by atoms with E-state index in [0.29, 0.717) is 27.7 Å². The number of nitrogens with zero attached hydrogens (tertiary/aromatic N) is 7. The maximum Gasteiger partial charge on any atom is 0.259 e. The number of phenolic OH excluding ortho intramolecular Hbond substituents is 1. The van der Waals surface area contributed by atoms with E-state index >= 15 is 0 Å². The summed E-state index contributed by atoms with van der Waals surface area (Å²) in [5.41, 5.74) is 2.41. The predicted molar refractivity (Wildman–Crippen MR) is 167 cm³/mol. The number of benzene rings is 4. The number of amides is 2. The highest BCUT2D eigenvalue weighted by Gasteiger charge is 2.21. The van der Waals surface area contributed by atoms with E-state index in [-0.39, 0.29) is 34.5 Å². The molecule has 0 saturated carbocycles. The normalized spacial score (nSPS) is 10.9. The maximum absolute atomic E-state index is 13.5. The van der Waals surface area contributed by atoms with E-state index in [1.165, 1.54) is 29.3 Å². The lowest BCUT2D eigenvalue weighted by Crippen LogP contribution is -2.13. The Balaban J connectivity index is 1.46. The Hall–Kier alpha value is -6.74. The van der Waals surface area contributed by atoms with Gasteiger partial charge >= 0.3 is 0 Å². The van der Waals surface area contributed by atoms with Crippen LogP contribution in [0, 0.1) is 18.3 Å². The first-order chi connectivity index (χ1) is 21.9. The highest BCUT2D eigenvalue weighted by atomic mass is 16.3. The number of hydrogen-bond acceptors (Lipinski definition) is 9. The Morgan fingerprint density at radius 2 is 1.58 bits per heavy atom. The number of aromatic hydroxyl groups is 1. The van der Waals surface area contributed by atoms with E-state index in [1.807, 2.05) is 43.3 Å². The van der Waals surface area contributed by atoms with Crippen molar-refractivity contribution in [2.45, 2.75) is 6.92 Å². The monoisotopic (exact) mass is 593 g/mol. The molecular weight excluding hydrogens is 570 g/mol. The molecule has 12 nitrogen and oxygen atoms in total. The molecule has 2 heterocycles. The van der Waals surface area contributed by atoms with Crippen LogP contribution in [0.2, 0.25) is 0 Å². The van der Waals surface area contributed by atoms with Crippen molar-refractivity contribution in [3.63, 3.8) is 0 Å². The number of nitrogens with one attached hydrogen (secondary N) is 2. The first kappa shape index (κ1) is 28.4. The Kier molecular flexibility index (Phi) is 7.72. The minimum Gasteiger partial charge on any atom is -0.505 e. The van der Waals surface area contributed by atoms with Crippen molar-refractivity contribution >= 4 is 45.5 Å². The van der Waals surface area contributed by atoms with Crippen molar-refractivity contribution < 1.29 is 14.7 Å². The van der Waals surface area contributed by atoms with Crippen molar-refractivity contribution in [3.8, 4) is 17.8 Å². The molecule has 6 rings (SSSR count). The number of aryl methyl sites for hydroxylation is 1. The quantitative estimate of drug-likeness (QED) is 0.175. The molecule has 2 amide bonds. The molecule has 0 radical (unpaired) electrons. The third-order valence-electron chi connectivity index (χ3n) is 6.78. The topological polar surface area (TPSA) is 171 Å². The number of para-hydroxylation sites is 1. The van der Waals surface area contributed by atoms with Crippen LogP contribution in [-0.2, 0) is 0 Å². The second-order valence-electron chi connectivity index (χ2n) is 9.85. The number of anilines is 2. The van der Waals surface area contributed by atoms with Crippen molar-refractivity contribution in [3.05, 3.63) is 126 Å². The predicted octanol–water partition coefficient (Wildman–Crippen LogP) is 6.62. The number of aromatic nitrogens is 4. The lowest BCUT2D eigenvalue weighted by molar-refractivity contribution is 0.101. The van der Waals surface area contributed by atoms with Crippen LogP contribution in [0.15, 0.2) is 114 Å².